The molecule has 0 radical (unpaired) electrons. The average Bonchev–Trinajstić information content (AvgIpc) is 4.04. The van der Waals surface area contributed by atoms with Crippen LogP contribution in [-0.2, 0) is 25.6 Å². The Hall–Kier alpha value is -5.78. The van der Waals surface area contributed by atoms with E-state index in [1.54, 1.807) is 61.8 Å². The van der Waals surface area contributed by atoms with E-state index in [-0.39, 0.29) is 35.3 Å². The number of nitrogen functional groups attached to an aromatic ring is 1. The molecular formula is C49H60N8O7S. The van der Waals surface area contributed by atoms with E-state index in [2.05, 4.69) is 26.1 Å². The van der Waals surface area contributed by atoms with E-state index in [4.69, 9.17) is 24.9 Å². The quantitative estimate of drug-likeness (QED) is 0.0382. The number of aromatic hydroxyl groups is 1. The maximum atomic E-state index is 14.2. The molecule has 1 aliphatic carbocycles. The number of benzene rings is 3. The van der Waals surface area contributed by atoms with Crippen molar-refractivity contribution in [3.05, 3.63) is 106 Å². The molecule has 2 amide bonds. The van der Waals surface area contributed by atoms with Crippen LogP contribution in [-0.4, -0.2) is 108 Å². The summed E-state index contributed by atoms with van der Waals surface area (Å²) >= 11 is 1.40. The number of anilines is 1. The number of ketones is 1. The van der Waals surface area contributed by atoms with Crippen molar-refractivity contribution in [2.45, 2.75) is 76.5 Å². The van der Waals surface area contributed by atoms with Crippen LogP contribution in [0, 0.1) is 5.92 Å². The van der Waals surface area contributed by atoms with Crippen LogP contribution in [0.15, 0.2) is 84.2 Å². The van der Waals surface area contributed by atoms with Gasteiger partial charge in [0.1, 0.15) is 34.8 Å². The van der Waals surface area contributed by atoms with Crippen LogP contribution in [0.5, 0.6) is 11.5 Å². The Morgan fingerprint density at radius 2 is 1.65 bits per heavy atom. The van der Waals surface area contributed by atoms with E-state index in [1.807, 2.05) is 41.3 Å². The van der Waals surface area contributed by atoms with Crippen LogP contribution < -0.4 is 26.4 Å². The summed E-state index contributed by atoms with van der Waals surface area (Å²) in [6, 6.07) is 22.7. The number of ether oxygens (including phenoxy) is 3. The topological polar surface area (TPSA) is 203 Å². The van der Waals surface area contributed by atoms with Crippen molar-refractivity contribution < 1.29 is 33.7 Å². The van der Waals surface area contributed by atoms with E-state index in [0.717, 1.165) is 66.6 Å². The zero-order chi connectivity index (χ0) is 45.5. The van der Waals surface area contributed by atoms with Gasteiger partial charge in [-0.1, -0.05) is 67.8 Å². The van der Waals surface area contributed by atoms with Crippen molar-refractivity contribution in [2.24, 2.45) is 5.92 Å². The Balaban J connectivity index is 0.795. The molecule has 15 nitrogen and oxygen atoms in total. The fraction of sp³-hybridized carbons (Fsp3) is 0.429. The Kier molecular flexibility index (Phi) is 17.0. The number of carbonyl (C=O) groups excluding carboxylic acids is 3. The van der Waals surface area contributed by atoms with Crippen LogP contribution in [0.2, 0.25) is 0 Å². The number of phenolic OH excluding ortho intramolecular Hbond substituents is 1. The predicted molar refractivity (Wildman–Crippen MR) is 251 cm³/mol. The number of rotatable bonds is 22. The highest BCUT2D eigenvalue weighted by Gasteiger charge is 2.40. The average molecular weight is 905 g/mol. The third-order valence-corrected chi connectivity index (χ3v) is 13.0. The standard InChI is InChI=1S/C49H60N8O7S/c1-32(51-2)47(60)54-44(35-10-4-3-5-11-35)49(61)57-22-9-15-42(57)48-53-41(31-65-48)45(59)36-12-8-13-37(28-36)64-27-26-63-25-24-62-23-21-52-30-33-17-19-34(20-18-33)39-29-40(55-56-46(39)50)38-14-6-7-16-43(38)58/h6-8,12-14,16-20,28-29,31-32,35,42,44,51-52,58H,3-5,9-11,15,21-27,30H2,1-2H3,(H2,50,56)(H,54,60)/t32?,42?,44-/m0/s1. The maximum Gasteiger partial charge on any atom is 0.246 e. The van der Waals surface area contributed by atoms with Crippen LogP contribution in [0.4, 0.5) is 5.82 Å². The molecule has 3 aromatic carbocycles. The second-order valence-corrected chi connectivity index (χ2v) is 17.4. The van der Waals surface area contributed by atoms with Gasteiger partial charge < -0.3 is 45.9 Å². The number of carbonyl (C=O) groups is 3. The molecule has 2 unspecified atom stereocenters. The van der Waals surface area contributed by atoms with Crippen LogP contribution in [0.1, 0.15) is 84.5 Å². The van der Waals surface area contributed by atoms with Gasteiger partial charge in [0.05, 0.1) is 44.2 Å². The van der Waals surface area contributed by atoms with Crippen LogP contribution in [0.3, 0.4) is 0 Å². The fourth-order valence-corrected chi connectivity index (χ4v) is 9.26. The second kappa shape index (κ2) is 23.4. The number of hydrogen-bond acceptors (Lipinski definition) is 14. The number of thiazole rings is 1. The summed E-state index contributed by atoms with van der Waals surface area (Å²) in [5, 5.41) is 30.5. The zero-order valence-corrected chi connectivity index (χ0v) is 38.0. The van der Waals surface area contributed by atoms with E-state index >= 15 is 0 Å². The van der Waals surface area contributed by atoms with Gasteiger partial charge in [-0.15, -0.1) is 21.5 Å². The smallest absolute Gasteiger partial charge is 0.246 e. The third-order valence-electron chi connectivity index (χ3n) is 12.1. The minimum Gasteiger partial charge on any atom is -0.507 e. The van der Waals surface area contributed by atoms with Gasteiger partial charge in [-0.3, -0.25) is 14.4 Å². The predicted octanol–water partition coefficient (Wildman–Crippen LogP) is 6.32. The summed E-state index contributed by atoms with van der Waals surface area (Å²) in [4.78, 5) is 47.4. The molecule has 65 heavy (non-hydrogen) atoms. The number of likely N-dealkylation sites (tertiary alicyclic amines) is 1. The lowest BCUT2D eigenvalue weighted by atomic mass is 9.83. The summed E-state index contributed by atoms with van der Waals surface area (Å²) in [5.74, 6) is 0.660. The Labute approximate surface area is 384 Å². The Bertz CT molecular complexity index is 2360. The monoisotopic (exact) mass is 904 g/mol. The van der Waals surface area contributed by atoms with Crippen molar-refractivity contribution >= 4 is 34.8 Å². The zero-order valence-electron chi connectivity index (χ0n) is 37.2. The number of aromatic nitrogens is 3. The van der Waals surface area contributed by atoms with Crippen molar-refractivity contribution in [2.75, 3.05) is 58.9 Å². The summed E-state index contributed by atoms with van der Waals surface area (Å²) in [6.45, 7) is 5.79. The number of nitrogens with two attached hydrogens (primary N) is 1. The lowest BCUT2D eigenvalue weighted by Crippen LogP contribution is -2.55. The molecule has 3 heterocycles. The van der Waals surface area contributed by atoms with E-state index in [9.17, 15) is 19.5 Å². The number of nitrogens with zero attached hydrogens (tertiary/aromatic N) is 4. The lowest BCUT2D eigenvalue weighted by Gasteiger charge is -2.35. The highest BCUT2D eigenvalue weighted by molar-refractivity contribution is 7.10. The highest BCUT2D eigenvalue weighted by Crippen LogP contribution is 2.37. The minimum atomic E-state index is -0.577. The summed E-state index contributed by atoms with van der Waals surface area (Å²) in [6.07, 6.45) is 6.68. The summed E-state index contributed by atoms with van der Waals surface area (Å²) < 4.78 is 17.3. The molecule has 2 aromatic heterocycles. The fourth-order valence-electron chi connectivity index (χ4n) is 8.32. The van der Waals surface area contributed by atoms with E-state index in [1.165, 1.54) is 11.3 Å². The number of para-hydroxylation sites is 1. The number of nitrogens with one attached hydrogen (secondary N) is 3. The number of phenols is 1. The summed E-state index contributed by atoms with van der Waals surface area (Å²) in [5.41, 5.74) is 10.8. The van der Waals surface area contributed by atoms with Gasteiger partial charge in [0.15, 0.2) is 5.82 Å². The SMILES string of the molecule is CNC(C)C(=O)N[C@H](C(=O)N1CCCC1c1nc(C(=O)c2cccc(OCCOCCOCCNCc3ccc(-c4cc(-c5ccccc5O)nnc4N)cc3)c2)cs1)C1CCCCC1. The van der Waals surface area contributed by atoms with Crippen LogP contribution >= 0.6 is 11.3 Å². The third kappa shape index (κ3) is 12.5. The van der Waals surface area contributed by atoms with Crippen molar-refractivity contribution in [3.63, 3.8) is 0 Å². The first-order chi connectivity index (χ1) is 31.7. The molecular weight excluding hydrogens is 845 g/mol. The van der Waals surface area contributed by atoms with Crippen molar-refractivity contribution in [1.82, 2.24) is 36.0 Å². The van der Waals surface area contributed by atoms with Crippen molar-refractivity contribution in [3.8, 4) is 33.9 Å². The first-order valence-electron chi connectivity index (χ1n) is 22.6. The van der Waals surface area contributed by atoms with Gasteiger partial charge in [-0.2, -0.15) is 0 Å². The maximum absolute atomic E-state index is 14.2. The van der Waals surface area contributed by atoms with Gasteiger partial charge in [0, 0.05) is 41.7 Å². The Morgan fingerprint density at radius 3 is 2.43 bits per heavy atom. The number of hydrogen-bond donors (Lipinski definition) is 5. The molecule has 344 valence electrons. The molecule has 2 fully saturated rings. The molecule has 0 bridgehead atoms. The lowest BCUT2D eigenvalue weighted by molar-refractivity contribution is -0.139. The van der Waals surface area contributed by atoms with Gasteiger partial charge in [0.2, 0.25) is 17.6 Å². The molecule has 1 saturated carbocycles. The molecule has 6 N–H and O–H groups in total. The first-order valence-corrected chi connectivity index (χ1v) is 23.5. The van der Waals surface area contributed by atoms with Gasteiger partial charge >= 0.3 is 0 Å². The van der Waals surface area contributed by atoms with Gasteiger partial charge in [-0.05, 0) is 87.0 Å². The highest BCUT2D eigenvalue weighted by atomic mass is 32.1. The van der Waals surface area contributed by atoms with E-state index in [0.29, 0.717) is 86.8 Å². The molecule has 16 heteroatoms. The molecule has 0 spiro atoms. The molecule has 7 rings (SSSR count). The molecule has 1 aliphatic heterocycles. The Morgan fingerprint density at radius 1 is 0.877 bits per heavy atom. The van der Waals surface area contributed by atoms with Gasteiger partial charge in [0.25, 0.3) is 0 Å². The van der Waals surface area contributed by atoms with Crippen molar-refractivity contribution in [1.29, 1.82) is 0 Å². The van der Waals surface area contributed by atoms with Gasteiger partial charge in [-0.25, -0.2) is 4.98 Å². The molecule has 3 atom stereocenters. The second-order valence-electron chi connectivity index (χ2n) is 16.5. The largest absolute Gasteiger partial charge is 0.507 e. The molecule has 1 saturated heterocycles. The number of amides is 2. The summed E-state index contributed by atoms with van der Waals surface area (Å²) in [7, 11) is 1.74. The normalized spacial score (nSPS) is 16.3. The van der Waals surface area contributed by atoms with E-state index < -0.39 is 12.1 Å². The first kappa shape index (κ1) is 47.2. The molecule has 2 aliphatic rings. The molecule has 5 aromatic rings. The van der Waals surface area contributed by atoms with Crippen LogP contribution in [0.25, 0.3) is 22.4 Å². The minimum absolute atomic E-state index is 0.0562. The number of likely N-dealkylation sites (N-methyl/N-ethyl adjacent to an activating group) is 1.